The van der Waals surface area contributed by atoms with Gasteiger partial charge in [-0.1, -0.05) is 25.1 Å². The van der Waals surface area contributed by atoms with Gasteiger partial charge in [0.2, 0.25) is 0 Å². The summed E-state index contributed by atoms with van der Waals surface area (Å²) in [7, 11) is 0. The number of Topliss-reactive ketones (excluding diaryl/α,β-unsaturated/α-hetero) is 1. The maximum Gasteiger partial charge on any atom is 0.180 e. The SMILES string of the molecule is CCN(CCCO)CC(=O)c1coc2ccccc12. The number of carbonyl (C=O) groups is 1. The first kappa shape index (κ1) is 13.8. The van der Waals surface area contributed by atoms with Gasteiger partial charge < -0.3 is 9.52 Å². The van der Waals surface area contributed by atoms with Gasteiger partial charge in [-0.05, 0) is 19.0 Å². The van der Waals surface area contributed by atoms with Crippen LogP contribution in [0.15, 0.2) is 34.9 Å². The third-order valence-corrected chi connectivity index (χ3v) is 3.23. The molecule has 0 bridgehead atoms. The highest BCUT2D eigenvalue weighted by atomic mass is 16.3. The summed E-state index contributed by atoms with van der Waals surface area (Å²) in [5.74, 6) is 0.0599. The van der Waals surface area contributed by atoms with Crippen LogP contribution in [-0.2, 0) is 0 Å². The van der Waals surface area contributed by atoms with Crippen LogP contribution >= 0.6 is 0 Å². The monoisotopic (exact) mass is 261 g/mol. The van der Waals surface area contributed by atoms with Crippen LogP contribution in [0.4, 0.5) is 0 Å². The zero-order valence-corrected chi connectivity index (χ0v) is 11.1. The van der Waals surface area contributed by atoms with Crippen molar-refractivity contribution >= 4 is 16.8 Å². The normalized spacial score (nSPS) is 11.3. The Morgan fingerprint density at radius 1 is 1.37 bits per heavy atom. The minimum absolute atomic E-state index is 0.0599. The summed E-state index contributed by atoms with van der Waals surface area (Å²) in [6, 6.07) is 7.54. The molecule has 0 unspecified atom stereocenters. The number of hydrogen-bond acceptors (Lipinski definition) is 4. The van der Waals surface area contributed by atoms with Crippen LogP contribution < -0.4 is 0 Å². The second-order valence-corrected chi connectivity index (χ2v) is 4.51. The number of furan rings is 1. The molecule has 0 aliphatic rings. The molecule has 2 aromatic rings. The first-order valence-electron chi connectivity index (χ1n) is 6.59. The number of likely N-dealkylation sites (N-methyl/N-ethyl adjacent to an activating group) is 1. The van der Waals surface area contributed by atoms with Crippen molar-refractivity contribution in [2.24, 2.45) is 0 Å². The Kier molecular flexibility index (Phi) is 4.71. The lowest BCUT2D eigenvalue weighted by Gasteiger charge is -2.18. The molecule has 2 rings (SSSR count). The van der Waals surface area contributed by atoms with Crippen molar-refractivity contribution in [2.75, 3.05) is 26.2 Å². The number of para-hydroxylation sites is 1. The molecule has 1 N–H and O–H groups in total. The maximum absolute atomic E-state index is 12.3. The van der Waals surface area contributed by atoms with Gasteiger partial charge in [-0.15, -0.1) is 0 Å². The third kappa shape index (κ3) is 3.22. The van der Waals surface area contributed by atoms with Crippen molar-refractivity contribution in [2.45, 2.75) is 13.3 Å². The number of hydrogen-bond donors (Lipinski definition) is 1. The molecule has 0 saturated heterocycles. The molecule has 19 heavy (non-hydrogen) atoms. The summed E-state index contributed by atoms with van der Waals surface area (Å²) in [5, 5.41) is 9.71. The lowest BCUT2D eigenvalue weighted by Crippen LogP contribution is -2.31. The molecule has 0 radical (unpaired) electrons. The van der Waals surface area contributed by atoms with Crippen LogP contribution in [0, 0.1) is 0 Å². The zero-order valence-electron chi connectivity index (χ0n) is 11.1. The zero-order chi connectivity index (χ0) is 13.7. The van der Waals surface area contributed by atoms with Gasteiger partial charge in [0.15, 0.2) is 5.78 Å². The minimum Gasteiger partial charge on any atom is -0.464 e. The van der Waals surface area contributed by atoms with E-state index in [1.807, 2.05) is 36.1 Å². The first-order valence-corrected chi connectivity index (χ1v) is 6.59. The van der Waals surface area contributed by atoms with E-state index in [4.69, 9.17) is 9.52 Å². The Bertz CT molecular complexity index is 547. The van der Waals surface area contributed by atoms with Gasteiger partial charge in [0, 0.05) is 18.5 Å². The topological polar surface area (TPSA) is 53.7 Å². The molecule has 4 heteroatoms. The first-order chi connectivity index (χ1) is 9.26. The van der Waals surface area contributed by atoms with Gasteiger partial charge in [0.05, 0.1) is 12.1 Å². The van der Waals surface area contributed by atoms with Crippen LogP contribution in [0.2, 0.25) is 0 Å². The average molecular weight is 261 g/mol. The predicted molar refractivity (Wildman–Crippen MR) is 74.4 cm³/mol. The molecule has 0 fully saturated rings. The summed E-state index contributed by atoms with van der Waals surface area (Å²) in [6.07, 6.45) is 2.22. The number of benzene rings is 1. The van der Waals surface area contributed by atoms with E-state index < -0.39 is 0 Å². The second kappa shape index (κ2) is 6.50. The van der Waals surface area contributed by atoms with Crippen LogP contribution in [-0.4, -0.2) is 42.0 Å². The molecule has 0 aliphatic carbocycles. The van der Waals surface area contributed by atoms with Crippen molar-refractivity contribution < 1.29 is 14.3 Å². The molecule has 0 aliphatic heterocycles. The largest absolute Gasteiger partial charge is 0.464 e. The fourth-order valence-corrected chi connectivity index (χ4v) is 2.13. The molecule has 0 saturated carbocycles. The summed E-state index contributed by atoms with van der Waals surface area (Å²) in [6.45, 7) is 4.05. The van der Waals surface area contributed by atoms with E-state index in [0.29, 0.717) is 18.5 Å². The molecule has 1 heterocycles. The van der Waals surface area contributed by atoms with Gasteiger partial charge in [0.1, 0.15) is 11.8 Å². The van der Waals surface area contributed by atoms with Crippen LogP contribution in [0.3, 0.4) is 0 Å². The van der Waals surface area contributed by atoms with Crippen LogP contribution in [0.5, 0.6) is 0 Å². The second-order valence-electron chi connectivity index (χ2n) is 4.51. The average Bonchev–Trinajstić information content (AvgIpc) is 2.87. The fourth-order valence-electron chi connectivity index (χ4n) is 2.13. The van der Waals surface area contributed by atoms with Crippen molar-refractivity contribution in [1.29, 1.82) is 0 Å². The van der Waals surface area contributed by atoms with Gasteiger partial charge >= 0.3 is 0 Å². The van der Waals surface area contributed by atoms with E-state index in [1.165, 1.54) is 6.26 Å². The lowest BCUT2D eigenvalue weighted by atomic mass is 10.1. The molecule has 0 spiro atoms. The van der Waals surface area contributed by atoms with Crippen molar-refractivity contribution in [3.63, 3.8) is 0 Å². The number of aliphatic hydroxyl groups excluding tert-OH is 1. The number of ketones is 1. The number of aliphatic hydroxyl groups is 1. The quantitative estimate of drug-likeness (QED) is 0.777. The Balaban J connectivity index is 2.10. The van der Waals surface area contributed by atoms with Gasteiger partial charge in [0.25, 0.3) is 0 Å². The molecular weight excluding hydrogens is 242 g/mol. The summed E-state index contributed by atoms with van der Waals surface area (Å²) >= 11 is 0. The number of nitrogens with zero attached hydrogens (tertiary/aromatic N) is 1. The highest BCUT2D eigenvalue weighted by molar-refractivity contribution is 6.08. The summed E-state index contributed by atoms with van der Waals surface area (Å²) in [4.78, 5) is 14.3. The van der Waals surface area contributed by atoms with Crippen LogP contribution in [0.1, 0.15) is 23.7 Å². The molecule has 0 atom stereocenters. The fraction of sp³-hybridized carbons (Fsp3) is 0.400. The number of rotatable bonds is 7. The molecular formula is C15H19NO3. The highest BCUT2D eigenvalue weighted by Gasteiger charge is 2.15. The lowest BCUT2D eigenvalue weighted by molar-refractivity contribution is 0.0929. The van der Waals surface area contributed by atoms with Crippen molar-refractivity contribution in [3.8, 4) is 0 Å². The van der Waals surface area contributed by atoms with E-state index in [9.17, 15) is 4.79 Å². The number of carbonyl (C=O) groups excluding carboxylic acids is 1. The van der Waals surface area contributed by atoms with Crippen LogP contribution in [0.25, 0.3) is 11.0 Å². The third-order valence-electron chi connectivity index (χ3n) is 3.23. The smallest absolute Gasteiger partial charge is 0.180 e. The highest BCUT2D eigenvalue weighted by Crippen LogP contribution is 2.21. The summed E-state index contributed by atoms with van der Waals surface area (Å²) < 4.78 is 5.39. The molecule has 1 aromatic heterocycles. The van der Waals surface area contributed by atoms with E-state index in [-0.39, 0.29) is 12.4 Å². The van der Waals surface area contributed by atoms with E-state index >= 15 is 0 Å². The summed E-state index contributed by atoms with van der Waals surface area (Å²) in [5.41, 5.74) is 1.38. The van der Waals surface area contributed by atoms with E-state index in [0.717, 1.165) is 24.1 Å². The van der Waals surface area contributed by atoms with Gasteiger partial charge in [-0.25, -0.2) is 0 Å². The Morgan fingerprint density at radius 2 is 2.16 bits per heavy atom. The standard InChI is InChI=1S/C15H19NO3/c1-2-16(8-5-9-17)10-14(18)13-11-19-15-7-4-3-6-12(13)15/h3-4,6-7,11,17H,2,5,8-10H2,1H3. The van der Waals surface area contributed by atoms with Gasteiger partial charge in [-0.3, -0.25) is 9.69 Å². The minimum atomic E-state index is 0.0599. The van der Waals surface area contributed by atoms with Crippen molar-refractivity contribution in [3.05, 3.63) is 36.1 Å². The Morgan fingerprint density at radius 3 is 2.89 bits per heavy atom. The molecule has 102 valence electrons. The van der Waals surface area contributed by atoms with E-state index in [1.54, 1.807) is 0 Å². The molecule has 1 aromatic carbocycles. The maximum atomic E-state index is 12.3. The predicted octanol–water partition coefficient (Wildman–Crippen LogP) is 2.32. The molecule has 0 amide bonds. The van der Waals surface area contributed by atoms with Crippen molar-refractivity contribution in [1.82, 2.24) is 4.90 Å². The number of fused-ring (bicyclic) bond motifs is 1. The van der Waals surface area contributed by atoms with E-state index in [2.05, 4.69) is 0 Å². The Labute approximate surface area is 112 Å². The Hall–Kier alpha value is -1.65. The molecule has 4 nitrogen and oxygen atoms in total. The van der Waals surface area contributed by atoms with Gasteiger partial charge in [-0.2, -0.15) is 0 Å².